The van der Waals surface area contributed by atoms with Gasteiger partial charge >= 0.3 is 7.87 Å². The molecule has 0 radical (unpaired) electrons. The average molecular weight is 181 g/mol. The van der Waals surface area contributed by atoms with Crippen LogP contribution in [0, 0.1) is 0 Å². The second-order valence-corrected chi connectivity index (χ2v) is 5.91. The molecule has 0 atom stereocenters. The van der Waals surface area contributed by atoms with Gasteiger partial charge in [0.25, 0.3) is 0 Å². The summed E-state index contributed by atoms with van der Waals surface area (Å²) in [5.41, 5.74) is -0.199. The quantitative estimate of drug-likeness (QED) is 0.341. The van der Waals surface area contributed by atoms with Gasteiger partial charge in [-0.3, -0.25) is 0 Å². The average Bonchev–Trinajstić information content (AvgIpc) is 1.85. The lowest BCUT2D eigenvalue weighted by atomic mass is 10.4. The fourth-order valence-corrected chi connectivity index (χ4v) is 1.82. The number of nitrogens with two attached hydrogens (primary N) is 1. The molecule has 0 aliphatic carbocycles. The van der Waals surface area contributed by atoms with Gasteiger partial charge in [0, 0.05) is 0 Å². The minimum absolute atomic E-state index is 0.0410. The maximum absolute atomic E-state index is 9.50. The topological polar surface area (TPSA) is 69.7 Å². The van der Waals surface area contributed by atoms with Gasteiger partial charge in [-0.1, -0.05) is 4.78 Å². The third-order valence-corrected chi connectivity index (χ3v) is 4.09. The second-order valence-electron chi connectivity index (χ2n) is 3.18. The van der Waals surface area contributed by atoms with Crippen molar-refractivity contribution in [2.24, 2.45) is 5.84 Å². The first-order chi connectivity index (χ1) is 4.80. The molecule has 11 heavy (non-hydrogen) atoms. The SMILES string of the molecule is CC(C)N(N)[P+](O)(O)C(C)C. The Morgan fingerprint density at radius 3 is 1.64 bits per heavy atom. The number of rotatable bonds is 3. The Balaban J connectivity index is 4.29. The van der Waals surface area contributed by atoms with Gasteiger partial charge in [-0.15, -0.1) is 0 Å². The van der Waals surface area contributed by atoms with Crippen molar-refractivity contribution in [3.63, 3.8) is 0 Å². The summed E-state index contributed by atoms with van der Waals surface area (Å²) in [6.45, 7) is 7.14. The molecule has 0 fully saturated rings. The van der Waals surface area contributed by atoms with Crippen molar-refractivity contribution in [2.75, 3.05) is 0 Å². The van der Waals surface area contributed by atoms with Crippen LogP contribution >= 0.6 is 7.87 Å². The molecule has 0 heterocycles. The van der Waals surface area contributed by atoms with E-state index in [-0.39, 0.29) is 11.7 Å². The van der Waals surface area contributed by atoms with Crippen LogP contribution in [-0.2, 0) is 0 Å². The zero-order valence-corrected chi connectivity index (χ0v) is 8.42. The van der Waals surface area contributed by atoms with Gasteiger partial charge in [0.1, 0.15) is 5.66 Å². The van der Waals surface area contributed by atoms with E-state index >= 15 is 0 Å². The number of hydrazine groups is 1. The van der Waals surface area contributed by atoms with E-state index in [2.05, 4.69) is 0 Å². The number of nitrogens with zero attached hydrogens (tertiary/aromatic N) is 1. The van der Waals surface area contributed by atoms with Gasteiger partial charge in [0.15, 0.2) is 0 Å². The number of hydrogen-bond donors (Lipinski definition) is 3. The zero-order chi connectivity index (χ0) is 9.23. The molecule has 0 unspecified atom stereocenters. The van der Waals surface area contributed by atoms with Crippen LogP contribution in [0.4, 0.5) is 0 Å². The smallest absolute Gasteiger partial charge is 0.232 e. The molecule has 0 spiro atoms. The van der Waals surface area contributed by atoms with Crippen molar-refractivity contribution < 1.29 is 9.79 Å². The van der Waals surface area contributed by atoms with E-state index in [0.29, 0.717) is 0 Å². The third-order valence-electron chi connectivity index (χ3n) is 1.56. The van der Waals surface area contributed by atoms with Crippen molar-refractivity contribution in [1.82, 2.24) is 4.78 Å². The molecule has 0 aliphatic heterocycles. The standard InChI is InChI=1S/C6H18N2O2P/c1-5(2)8(7)11(9,10)6(3)4/h5-6,9-10H,7H2,1-4H3/q+1. The van der Waals surface area contributed by atoms with Crippen molar-refractivity contribution in [3.8, 4) is 0 Å². The largest absolute Gasteiger partial charge is 0.359 e. The molecule has 0 aromatic rings. The van der Waals surface area contributed by atoms with E-state index < -0.39 is 7.87 Å². The van der Waals surface area contributed by atoms with E-state index in [4.69, 9.17) is 5.84 Å². The minimum atomic E-state index is -3.05. The third kappa shape index (κ3) is 2.65. The first-order valence-electron chi connectivity index (χ1n) is 3.68. The summed E-state index contributed by atoms with van der Waals surface area (Å²) in [7, 11) is -3.05. The highest BCUT2D eigenvalue weighted by molar-refractivity contribution is 7.62. The van der Waals surface area contributed by atoms with E-state index in [9.17, 15) is 9.79 Å². The lowest BCUT2D eigenvalue weighted by Crippen LogP contribution is -2.39. The monoisotopic (exact) mass is 181 g/mol. The van der Waals surface area contributed by atoms with Crippen molar-refractivity contribution >= 4 is 7.87 Å². The molecular formula is C6H18N2O2P+. The van der Waals surface area contributed by atoms with Crippen LogP contribution in [0.3, 0.4) is 0 Å². The van der Waals surface area contributed by atoms with Crippen LogP contribution in [0.15, 0.2) is 0 Å². The van der Waals surface area contributed by atoms with Crippen molar-refractivity contribution in [1.29, 1.82) is 0 Å². The van der Waals surface area contributed by atoms with E-state index in [1.165, 1.54) is 0 Å². The van der Waals surface area contributed by atoms with Gasteiger partial charge in [-0.25, -0.2) is 15.6 Å². The minimum Gasteiger partial charge on any atom is -0.232 e. The molecule has 4 N–H and O–H groups in total. The molecule has 0 aromatic carbocycles. The summed E-state index contributed by atoms with van der Waals surface area (Å²) in [6, 6.07) is -0.0410. The first-order valence-corrected chi connectivity index (χ1v) is 5.40. The predicted octanol–water partition coefficient (Wildman–Crippen LogP) is 0.726. The van der Waals surface area contributed by atoms with Gasteiger partial charge in [-0.2, -0.15) is 0 Å². The molecule has 0 saturated heterocycles. The van der Waals surface area contributed by atoms with Crippen LogP contribution in [-0.4, -0.2) is 26.3 Å². The Morgan fingerprint density at radius 2 is 1.55 bits per heavy atom. The highest BCUT2D eigenvalue weighted by Gasteiger charge is 2.45. The fraction of sp³-hybridized carbons (Fsp3) is 1.00. The van der Waals surface area contributed by atoms with Crippen LogP contribution in [0.2, 0.25) is 0 Å². The molecule has 68 valence electrons. The Bertz CT molecular complexity index is 128. The maximum atomic E-state index is 9.50. The van der Waals surface area contributed by atoms with Crippen LogP contribution < -0.4 is 5.84 Å². The Labute approximate surface area is 68.5 Å². The second kappa shape index (κ2) is 3.78. The lowest BCUT2D eigenvalue weighted by Gasteiger charge is -2.26. The van der Waals surface area contributed by atoms with Crippen LogP contribution in [0.1, 0.15) is 27.7 Å². The Kier molecular flexibility index (Phi) is 3.88. The van der Waals surface area contributed by atoms with Gasteiger partial charge in [0.05, 0.1) is 6.04 Å². The van der Waals surface area contributed by atoms with E-state index in [1.54, 1.807) is 13.8 Å². The Hall–Kier alpha value is 0.270. The number of hydrogen-bond acceptors (Lipinski definition) is 4. The summed E-state index contributed by atoms with van der Waals surface area (Å²) in [5, 5.41) is 0. The van der Waals surface area contributed by atoms with Crippen LogP contribution in [0.5, 0.6) is 0 Å². The predicted molar refractivity (Wildman–Crippen MR) is 47.7 cm³/mol. The molecule has 0 amide bonds. The fourth-order valence-electron chi connectivity index (χ4n) is 0.607. The summed E-state index contributed by atoms with van der Waals surface area (Å²) >= 11 is 0. The summed E-state index contributed by atoms with van der Waals surface area (Å²) < 4.78 is 1.15. The molecule has 0 bridgehead atoms. The summed E-state index contributed by atoms with van der Waals surface area (Å²) in [6.07, 6.45) is 0. The zero-order valence-electron chi connectivity index (χ0n) is 7.52. The molecular weight excluding hydrogens is 163 g/mol. The van der Waals surface area contributed by atoms with E-state index in [1.807, 2.05) is 13.8 Å². The van der Waals surface area contributed by atoms with Crippen molar-refractivity contribution in [3.05, 3.63) is 0 Å². The van der Waals surface area contributed by atoms with Crippen molar-refractivity contribution in [2.45, 2.75) is 39.4 Å². The summed E-state index contributed by atoms with van der Waals surface area (Å²) in [5.74, 6) is 5.48. The van der Waals surface area contributed by atoms with Crippen LogP contribution in [0.25, 0.3) is 0 Å². The molecule has 0 aromatic heterocycles. The highest BCUT2D eigenvalue weighted by Crippen LogP contribution is 2.56. The highest BCUT2D eigenvalue weighted by atomic mass is 31.2. The molecule has 0 saturated carbocycles. The van der Waals surface area contributed by atoms with Gasteiger partial charge < -0.3 is 0 Å². The molecule has 5 heteroatoms. The molecule has 0 aliphatic rings. The Morgan fingerprint density at radius 1 is 1.18 bits per heavy atom. The normalized spacial score (nSPS) is 13.6. The van der Waals surface area contributed by atoms with Gasteiger partial charge in [0.2, 0.25) is 0 Å². The summed E-state index contributed by atoms with van der Waals surface area (Å²) in [4.78, 5) is 19.0. The van der Waals surface area contributed by atoms with E-state index in [0.717, 1.165) is 4.78 Å². The maximum Gasteiger partial charge on any atom is 0.359 e. The molecule has 0 rings (SSSR count). The van der Waals surface area contributed by atoms with Gasteiger partial charge in [-0.05, 0) is 27.7 Å². The lowest BCUT2D eigenvalue weighted by molar-refractivity contribution is 0.275. The first kappa shape index (κ1) is 11.3. The molecule has 4 nitrogen and oxygen atoms in total.